The van der Waals surface area contributed by atoms with Crippen LogP contribution in [0.1, 0.15) is 50.1 Å². The SMILES string of the molecule is CNC(=O)[C@H]1[C@@H]2OC3(CC2Br)C(C(=O)NC2CCCCC2)N([C@H](CO)c2ccccc2)C(=O)[C@H]13. The molecule has 1 aliphatic carbocycles. The molecule has 9 heteroatoms. The zero-order valence-electron chi connectivity index (χ0n) is 19.3. The van der Waals surface area contributed by atoms with Crippen molar-refractivity contribution in [1.29, 1.82) is 0 Å². The van der Waals surface area contributed by atoms with Crippen LogP contribution in [0.3, 0.4) is 0 Å². The third kappa shape index (κ3) is 3.58. The molecule has 2 bridgehead atoms. The maximum Gasteiger partial charge on any atom is 0.246 e. The number of nitrogens with zero attached hydrogens (tertiary/aromatic N) is 1. The zero-order chi connectivity index (χ0) is 24.0. The molecule has 1 saturated carbocycles. The number of hydrogen-bond donors (Lipinski definition) is 3. The molecule has 34 heavy (non-hydrogen) atoms. The average molecular weight is 534 g/mol. The maximum absolute atomic E-state index is 14.0. The number of hydrogen-bond acceptors (Lipinski definition) is 5. The molecule has 3 heterocycles. The quantitative estimate of drug-likeness (QED) is 0.482. The molecule has 1 spiro atoms. The van der Waals surface area contributed by atoms with Gasteiger partial charge < -0.3 is 25.4 Å². The van der Waals surface area contributed by atoms with E-state index in [1.165, 1.54) is 4.90 Å². The zero-order valence-corrected chi connectivity index (χ0v) is 20.9. The van der Waals surface area contributed by atoms with Crippen molar-refractivity contribution in [1.82, 2.24) is 15.5 Å². The van der Waals surface area contributed by atoms with Crippen LogP contribution in [-0.2, 0) is 19.1 Å². The second-order valence-corrected chi connectivity index (χ2v) is 11.2. The first-order chi connectivity index (χ1) is 16.4. The van der Waals surface area contributed by atoms with Gasteiger partial charge in [0, 0.05) is 17.9 Å². The van der Waals surface area contributed by atoms with E-state index in [2.05, 4.69) is 26.6 Å². The average Bonchev–Trinajstić information content (AvgIpc) is 3.44. The van der Waals surface area contributed by atoms with E-state index in [0.29, 0.717) is 6.42 Å². The highest BCUT2D eigenvalue weighted by atomic mass is 79.9. The minimum absolute atomic E-state index is 0.0612. The van der Waals surface area contributed by atoms with Crippen molar-refractivity contribution in [2.75, 3.05) is 13.7 Å². The molecule has 5 rings (SSSR count). The number of aliphatic hydroxyl groups is 1. The molecule has 7 atom stereocenters. The lowest BCUT2D eigenvalue weighted by molar-refractivity contribution is -0.146. The van der Waals surface area contributed by atoms with Crippen LogP contribution in [0.5, 0.6) is 0 Å². The Morgan fingerprint density at radius 3 is 2.56 bits per heavy atom. The summed E-state index contributed by atoms with van der Waals surface area (Å²) in [5, 5.41) is 16.3. The molecular weight excluding hydrogens is 502 g/mol. The number of fused-ring (bicyclic) bond motifs is 1. The summed E-state index contributed by atoms with van der Waals surface area (Å²) in [5.74, 6) is -2.29. The summed E-state index contributed by atoms with van der Waals surface area (Å²) >= 11 is 3.66. The second kappa shape index (κ2) is 9.24. The molecule has 4 aliphatic rings. The molecule has 8 nitrogen and oxygen atoms in total. The maximum atomic E-state index is 14.0. The lowest BCUT2D eigenvalue weighted by atomic mass is 9.70. The van der Waals surface area contributed by atoms with Crippen LogP contribution in [0.4, 0.5) is 0 Å². The van der Waals surface area contributed by atoms with E-state index in [9.17, 15) is 19.5 Å². The van der Waals surface area contributed by atoms with Crippen LogP contribution in [0.15, 0.2) is 30.3 Å². The third-order valence-corrected chi connectivity index (χ3v) is 9.01. The Hall–Kier alpha value is -1.97. The highest BCUT2D eigenvalue weighted by Crippen LogP contribution is 2.61. The van der Waals surface area contributed by atoms with Gasteiger partial charge >= 0.3 is 0 Å². The van der Waals surface area contributed by atoms with Crippen LogP contribution < -0.4 is 10.6 Å². The van der Waals surface area contributed by atoms with Gasteiger partial charge in [-0.3, -0.25) is 14.4 Å². The predicted molar refractivity (Wildman–Crippen MR) is 128 cm³/mol. The standard InChI is InChI=1S/C25H32BrN3O5/c1-27-22(31)18-19-24(33)29(17(13-30)14-8-4-2-5-9-14)21(25(19)12-16(26)20(18)34-25)23(32)28-15-10-6-3-7-11-15/h2,4-5,8-9,15-21,30H,3,6-7,10-13H2,1H3,(H,27,31)(H,28,32)/t16?,17-,18-,19+,20-,21?,25?/m1/s1. The Balaban J connectivity index is 1.57. The van der Waals surface area contributed by atoms with Crippen molar-refractivity contribution in [3.8, 4) is 0 Å². The summed E-state index contributed by atoms with van der Waals surface area (Å²) in [6.45, 7) is -0.336. The molecule has 1 aromatic rings. The predicted octanol–water partition coefficient (Wildman–Crippen LogP) is 1.66. The first kappa shape index (κ1) is 23.8. The molecule has 3 saturated heterocycles. The summed E-state index contributed by atoms with van der Waals surface area (Å²) in [4.78, 5) is 42.2. The second-order valence-electron chi connectivity index (χ2n) is 9.98. The molecule has 3 N–H and O–H groups in total. The van der Waals surface area contributed by atoms with Crippen molar-refractivity contribution in [2.45, 2.75) is 73.2 Å². The lowest BCUT2D eigenvalue weighted by Crippen LogP contribution is -2.58. The fourth-order valence-electron chi connectivity index (χ4n) is 6.73. The number of nitrogens with one attached hydrogen (secondary N) is 2. The number of benzene rings is 1. The first-order valence-corrected chi connectivity index (χ1v) is 13.2. The van der Waals surface area contributed by atoms with E-state index in [-0.39, 0.29) is 35.2 Å². The Morgan fingerprint density at radius 2 is 1.91 bits per heavy atom. The van der Waals surface area contributed by atoms with Crippen LogP contribution in [0.25, 0.3) is 0 Å². The number of ether oxygens (including phenoxy) is 1. The number of carbonyl (C=O) groups excluding carboxylic acids is 3. The lowest BCUT2D eigenvalue weighted by Gasteiger charge is -2.38. The van der Waals surface area contributed by atoms with Crippen LogP contribution in [0, 0.1) is 11.8 Å². The van der Waals surface area contributed by atoms with Gasteiger partial charge in [-0.25, -0.2) is 0 Å². The van der Waals surface area contributed by atoms with Crippen molar-refractivity contribution in [3.05, 3.63) is 35.9 Å². The van der Waals surface area contributed by atoms with Gasteiger partial charge in [0.05, 0.1) is 30.6 Å². The van der Waals surface area contributed by atoms with Gasteiger partial charge in [-0.1, -0.05) is 65.5 Å². The van der Waals surface area contributed by atoms with E-state index in [1.54, 1.807) is 7.05 Å². The minimum Gasteiger partial charge on any atom is -0.394 e. The number of halogens is 1. The molecule has 3 unspecified atom stereocenters. The number of carbonyl (C=O) groups is 3. The van der Waals surface area contributed by atoms with E-state index < -0.39 is 35.6 Å². The van der Waals surface area contributed by atoms with Gasteiger partial charge in [0.15, 0.2) is 0 Å². The van der Waals surface area contributed by atoms with Gasteiger partial charge in [-0.15, -0.1) is 0 Å². The molecule has 184 valence electrons. The molecule has 1 aromatic carbocycles. The Morgan fingerprint density at radius 1 is 1.21 bits per heavy atom. The van der Waals surface area contributed by atoms with Crippen molar-refractivity contribution < 1.29 is 24.2 Å². The summed E-state index contributed by atoms with van der Waals surface area (Å²) < 4.78 is 6.47. The van der Waals surface area contributed by atoms with Gasteiger partial charge in [0.1, 0.15) is 11.6 Å². The fourth-order valence-corrected chi connectivity index (χ4v) is 7.67. The summed E-state index contributed by atoms with van der Waals surface area (Å²) in [6, 6.07) is 7.67. The van der Waals surface area contributed by atoms with Crippen molar-refractivity contribution >= 4 is 33.7 Å². The minimum atomic E-state index is -1.12. The van der Waals surface area contributed by atoms with Crippen LogP contribution in [-0.4, -0.2) is 70.0 Å². The number of likely N-dealkylation sites (tertiary alicyclic amines) is 1. The van der Waals surface area contributed by atoms with Gasteiger partial charge in [-0.2, -0.15) is 0 Å². The fraction of sp³-hybridized carbons (Fsp3) is 0.640. The molecule has 0 radical (unpaired) electrons. The van der Waals surface area contributed by atoms with E-state index in [0.717, 1.165) is 37.7 Å². The van der Waals surface area contributed by atoms with Crippen LogP contribution >= 0.6 is 15.9 Å². The highest BCUT2D eigenvalue weighted by molar-refractivity contribution is 9.09. The van der Waals surface area contributed by atoms with Crippen LogP contribution in [0.2, 0.25) is 0 Å². The van der Waals surface area contributed by atoms with E-state index in [4.69, 9.17) is 4.74 Å². The smallest absolute Gasteiger partial charge is 0.246 e. The van der Waals surface area contributed by atoms with Gasteiger partial charge in [-0.05, 0) is 24.8 Å². The van der Waals surface area contributed by atoms with Crippen molar-refractivity contribution in [2.24, 2.45) is 11.8 Å². The van der Waals surface area contributed by atoms with Crippen molar-refractivity contribution in [3.63, 3.8) is 0 Å². The van der Waals surface area contributed by atoms with Gasteiger partial charge in [0.25, 0.3) is 0 Å². The normalized spacial score (nSPS) is 35.8. The highest BCUT2D eigenvalue weighted by Gasteiger charge is 2.77. The van der Waals surface area contributed by atoms with E-state index in [1.807, 2.05) is 30.3 Å². The topological polar surface area (TPSA) is 108 Å². The Kier molecular flexibility index (Phi) is 6.46. The largest absolute Gasteiger partial charge is 0.394 e. The molecule has 3 aliphatic heterocycles. The van der Waals surface area contributed by atoms with E-state index >= 15 is 0 Å². The molecular formula is C25H32BrN3O5. The number of rotatable bonds is 6. The Bertz CT molecular complexity index is 955. The molecule has 4 fully saturated rings. The third-order valence-electron chi connectivity index (χ3n) is 8.17. The Labute approximate surface area is 207 Å². The van der Waals surface area contributed by atoms with Gasteiger partial charge in [0.2, 0.25) is 17.7 Å². The monoisotopic (exact) mass is 533 g/mol. The summed E-state index contributed by atoms with van der Waals surface area (Å²) in [6.07, 6.45) is 5.09. The summed E-state index contributed by atoms with van der Waals surface area (Å²) in [5.41, 5.74) is -0.375. The molecule has 3 amide bonds. The number of amides is 3. The first-order valence-electron chi connectivity index (χ1n) is 12.2. The number of aliphatic hydroxyl groups excluding tert-OH is 1. The summed E-state index contributed by atoms with van der Waals surface area (Å²) in [7, 11) is 1.55. The number of alkyl halides is 1. The molecule has 0 aromatic heterocycles.